The van der Waals surface area contributed by atoms with E-state index in [1.807, 2.05) is 32.0 Å². The van der Waals surface area contributed by atoms with Crippen LogP contribution in [0.4, 0.5) is 5.69 Å². The molecule has 0 radical (unpaired) electrons. The van der Waals surface area contributed by atoms with Gasteiger partial charge in [-0.3, -0.25) is 4.90 Å². The number of aromatic nitrogens is 1. The first-order valence-corrected chi connectivity index (χ1v) is 7.87. The van der Waals surface area contributed by atoms with Crippen LogP contribution in [0, 0.1) is 6.92 Å². The smallest absolute Gasteiger partial charge is 0.150 e. The molecule has 22 heavy (non-hydrogen) atoms. The minimum Gasteiger partial charge on any atom is -0.492 e. The number of para-hydroxylation sites is 2. The molecule has 0 aliphatic carbocycles. The van der Waals surface area contributed by atoms with Crippen LogP contribution in [0.1, 0.15) is 18.4 Å². The molecule has 1 saturated heterocycles. The largest absolute Gasteiger partial charge is 0.492 e. The van der Waals surface area contributed by atoms with E-state index in [0.717, 1.165) is 49.9 Å². The van der Waals surface area contributed by atoms with Gasteiger partial charge in [0.05, 0.1) is 24.5 Å². The molecule has 118 valence electrons. The molecular weight excluding hydrogens is 278 g/mol. The Morgan fingerprint density at radius 1 is 1.18 bits per heavy atom. The number of piperazine rings is 1. The fourth-order valence-corrected chi connectivity index (χ4v) is 2.85. The Morgan fingerprint density at radius 3 is 2.64 bits per heavy atom. The van der Waals surface area contributed by atoms with Crippen LogP contribution >= 0.6 is 0 Å². The average Bonchev–Trinajstić information content (AvgIpc) is 2.94. The minimum atomic E-state index is 0.696. The maximum atomic E-state index is 5.74. The average molecular weight is 301 g/mol. The first kappa shape index (κ1) is 14.9. The standard InChI is InChI=1S/C17H23N3O2/c1-3-21-17-7-5-4-6-16(17)20-10-8-19(9-11-20)13-15-12-14(2)18-22-15/h4-7,12H,3,8-11,13H2,1-2H3. The summed E-state index contributed by atoms with van der Waals surface area (Å²) in [5.41, 5.74) is 2.14. The van der Waals surface area contributed by atoms with Gasteiger partial charge < -0.3 is 14.2 Å². The van der Waals surface area contributed by atoms with Crippen LogP contribution in [0.15, 0.2) is 34.9 Å². The third-order valence-corrected chi connectivity index (χ3v) is 3.93. The van der Waals surface area contributed by atoms with E-state index in [1.165, 1.54) is 5.69 Å². The van der Waals surface area contributed by atoms with Crippen molar-refractivity contribution in [3.63, 3.8) is 0 Å². The monoisotopic (exact) mass is 301 g/mol. The van der Waals surface area contributed by atoms with Crippen molar-refractivity contribution < 1.29 is 9.26 Å². The number of benzene rings is 1. The molecule has 2 heterocycles. The summed E-state index contributed by atoms with van der Waals surface area (Å²) in [5, 5.41) is 3.95. The molecule has 0 unspecified atom stereocenters. The van der Waals surface area contributed by atoms with Gasteiger partial charge in [-0.05, 0) is 26.0 Å². The van der Waals surface area contributed by atoms with Crippen LogP contribution in [0.3, 0.4) is 0 Å². The van der Waals surface area contributed by atoms with Gasteiger partial charge in [0, 0.05) is 32.2 Å². The molecule has 0 atom stereocenters. The van der Waals surface area contributed by atoms with Crippen LogP contribution in [0.25, 0.3) is 0 Å². The van der Waals surface area contributed by atoms with Crippen molar-refractivity contribution in [2.45, 2.75) is 20.4 Å². The third-order valence-electron chi connectivity index (χ3n) is 3.93. The fourth-order valence-electron chi connectivity index (χ4n) is 2.85. The maximum absolute atomic E-state index is 5.74. The number of rotatable bonds is 5. The van der Waals surface area contributed by atoms with Crippen LogP contribution in [0.2, 0.25) is 0 Å². The molecule has 5 heteroatoms. The second-order valence-corrected chi connectivity index (χ2v) is 5.60. The van der Waals surface area contributed by atoms with Crippen molar-refractivity contribution in [3.05, 3.63) is 41.8 Å². The van der Waals surface area contributed by atoms with Gasteiger partial charge in [-0.15, -0.1) is 0 Å². The van der Waals surface area contributed by atoms with Crippen LogP contribution < -0.4 is 9.64 Å². The molecule has 0 saturated carbocycles. The Balaban J connectivity index is 1.59. The lowest BCUT2D eigenvalue weighted by molar-refractivity contribution is 0.219. The Bertz CT molecular complexity index is 603. The first-order chi connectivity index (χ1) is 10.8. The van der Waals surface area contributed by atoms with Gasteiger partial charge in [0.25, 0.3) is 0 Å². The second-order valence-electron chi connectivity index (χ2n) is 5.60. The predicted octanol–water partition coefficient (Wildman–Crippen LogP) is 2.70. The molecule has 1 aromatic heterocycles. The topological polar surface area (TPSA) is 41.7 Å². The van der Waals surface area contributed by atoms with Gasteiger partial charge in [-0.25, -0.2) is 0 Å². The Kier molecular flexibility index (Phi) is 4.63. The van der Waals surface area contributed by atoms with Crippen LogP contribution in [-0.4, -0.2) is 42.8 Å². The molecule has 2 aromatic rings. The quantitative estimate of drug-likeness (QED) is 0.849. The van der Waals surface area contributed by atoms with E-state index in [2.05, 4.69) is 27.1 Å². The molecule has 3 rings (SSSR count). The zero-order valence-electron chi connectivity index (χ0n) is 13.3. The predicted molar refractivity (Wildman–Crippen MR) is 86.3 cm³/mol. The Hall–Kier alpha value is -2.01. The summed E-state index contributed by atoms with van der Waals surface area (Å²) in [6, 6.07) is 10.3. The van der Waals surface area contributed by atoms with Gasteiger partial charge in [-0.1, -0.05) is 17.3 Å². The molecule has 1 aliphatic heterocycles. The molecule has 1 aliphatic rings. The molecule has 0 spiro atoms. The molecular formula is C17H23N3O2. The normalized spacial score (nSPS) is 16.0. The van der Waals surface area contributed by atoms with E-state index in [-0.39, 0.29) is 0 Å². The molecule has 0 bridgehead atoms. The maximum Gasteiger partial charge on any atom is 0.150 e. The Labute approximate surface area is 131 Å². The number of anilines is 1. The summed E-state index contributed by atoms with van der Waals surface area (Å²) >= 11 is 0. The van der Waals surface area contributed by atoms with E-state index < -0.39 is 0 Å². The van der Waals surface area contributed by atoms with Gasteiger partial charge in [0.2, 0.25) is 0 Å². The zero-order chi connectivity index (χ0) is 15.4. The number of nitrogens with zero attached hydrogens (tertiary/aromatic N) is 3. The van der Waals surface area contributed by atoms with Gasteiger partial charge in [0.1, 0.15) is 5.75 Å². The fraction of sp³-hybridized carbons (Fsp3) is 0.471. The highest BCUT2D eigenvalue weighted by Gasteiger charge is 2.20. The van der Waals surface area contributed by atoms with Crippen molar-refractivity contribution in [1.29, 1.82) is 0 Å². The lowest BCUT2D eigenvalue weighted by atomic mass is 10.2. The summed E-state index contributed by atoms with van der Waals surface area (Å²) in [6.45, 7) is 9.53. The summed E-state index contributed by atoms with van der Waals surface area (Å²) in [7, 11) is 0. The number of aryl methyl sites for hydroxylation is 1. The number of hydrogen-bond acceptors (Lipinski definition) is 5. The van der Waals surface area contributed by atoms with Gasteiger partial charge in [-0.2, -0.15) is 0 Å². The second kappa shape index (κ2) is 6.83. The number of ether oxygens (including phenoxy) is 1. The highest BCUT2D eigenvalue weighted by molar-refractivity contribution is 5.58. The van der Waals surface area contributed by atoms with E-state index in [1.54, 1.807) is 0 Å². The van der Waals surface area contributed by atoms with E-state index in [0.29, 0.717) is 6.61 Å². The molecule has 1 fully saturated rings. The highest BCUT2D eigenvalue weighted by atomic mass is 16.5. The lowest BCUT2D eigenvalue weighted by Crippen LogP contribution is -2.46. The summed E-state index contributed by atoms with van der Waals surface area (Å²) in [6.07, 6.45) is 0. The zero-order valence-corrected chi connectivity index (χ0v) is 13.3. The highest BCUT2D eigenvalue weighted by Crippen LogP contribution is 2.28. The van der Waals surface area contributed by atoms with Crippen molar-refractivity contribution in [2.24, 2.45) is 0 Å². The molecule has 1 aromatic carbocycles. The van der Waals surface area contributed by atoms with Crippen molar-refractivity contribution in [1.82, 2.24) is 10.1 Å². The Morgan fingerprint density at radius 2 is 1.95 bits per heavy atom. The summed E-state index contributed by atoms with van der Waals surface area (Å²) < 4.78 is 11.0. The van der Waals surface area contributed by atoms with Gasteiger partial charge >= 0.3 is 0 Å². The SMILES string of the molecule is CCOc1ccccc1N1CCN(Cc2cc(C)no2)CC1. The lowest BCUT2D eigenvalue weighted by Gasteiger charge is -2.36. The summed E-state index contributed by atoms with van der Waals surface area (Å²) in [4.78, 5) is 4.80. The van der Waals surface area contributed by atoms with Crippen molar-refractivity contribution in [3.8, 4) is 5.75 Å². The van der Waals surface area contributed by atoms with E-state index in [4.69, 9.17) is 9.26 Å². The van der Waals surface area contributed by atoms with Crippen molar-refractivity contribution >= 4 is 5.69 Å². The van der Waals surface area contributed by atoms with Gasteiger partial charge in [0.15, 0.2) is 5.76 Å². The summed E-state index contributed by atoms with van der Waals surface area (Å²) in [5.74, 6) is 1.92. The van der Waals surface area contributed by atoms with E-state index >= 15 is 0 Å². The van der Waals surface area contributed by atoms with Crippen LogP contribution in [-0.2, 0) is 6.54 Å². The van der Waals surface area contributed by atoms with Crippen LogP contribution in [0.5, 0.6) is 5.75 Å². The molecule has 0 N–H and O–H groups in total. The minimum absolute atomic E-state index is 0.696. The van der Waals surface area contributed by atoms with E-state index in [9.17, 15) is 0 Å². The molecule has 5 nitrogen and oxygen atoms in total. The third kappa shape index (κ3) is 3.42. The number of hydrogen-bond donors (Lipinski definition) is 0. The first-order valence-electron chi connectivity index (χ1n) is 7.87. The molecule has 0 amide bonds. The van der Waals surface area contributed by atoms with Crippen molar-refractivity contribution in [2.75, 3.05) is 37.7 Å².